The van der Waals surface area contributed by atoms with E-state index in [1.54, 1.807) is 19.1 Å². The maximum absolute atomic E-state index is 12.1. The SMILES string of the molecule is COC(=O)OC1=C(C)NC(C)=C(c2nc(CN(C)CCCc3ccccc3)no2)C1c1cccc([N+](=O)[O-])c1. The van der Waals surface area contributed by atoms with Gasteiger partial charge in [0.2, 0.25) is 0 Å². The minimum Gasteiger partial charge on any atom is -0.437 e. The van der Waals surface area contributed by atoms with Gasteiger partial charge in [0.05, 0.1) is 35.8 Å². The number of benzene rings is 2. The summed E-state index contributed by atoms with van der Waals surface area (Å²) in [6.45, 7) is 4.89. The lowest BCUT2D eigenvalue weighted by atomic mass is 9.84. The fourth-order valence-corrected chi connectivity index (χ4v) is 4.61. The van der Waals surface area contributed by atoms with Gasteiger partial charge in [-0.3, -0.25) is 15.0 Å². The summed E-state index contributed by atoms with van der Waals surface area (Å²) in [5.74, 6) is 0.206. The molecule has 1 N–H and O–H groups in total. The maximum Gasteiger partial charge on any atom is 0.513 e. The number of nitro groups is 1. The summed E-state index contributed by atoms with van der Waals surface area (Å²) in [5.41, 5.74) is 3.51. The van der Waals surface area contributed by atoms with Crippen molar-refractivity contribution in [3.05, 3.63) is 105 Å². The van der Waals surface area contributed by atoms with E-state index in [2.05, 4.69) is 32.5 Å². The van der Waals surface area contributed by atoms with Crippen LogP contribution in [-0.4, -0.2) is 46.8 Å². The van der Waals surface area contributed by atoms with Crippen molar-refractivity contribution in [2.45, 2.75) is 39.2 Å². The molecule has 0 amide bonds. The molecule has 0 fully saturated rings. The molecule has 0 radical (unpaired) electrons. The number of aryl methyl sites for hydroxylation is 1. The summed E-state index contributed by atoms with van der Waals surface area (Å²) in [5, 5.41) is 18.9. The van der Waals surface area contributed by atoms with E-state index in [1.807, 2.05) is 32.2 Å². The third-order valence-electron chi connectivity index (χ3n) is 6.43. The predicted octanol–water partition coefficient (Wildman–Crippen LogP) is 5.17. The van der Waals surface area contributed by atoms with Crippen LogP contribution in [0.5, 0.6) is 0 Å². The van der Waals surface area contributed by atoms with Gasteiger partial charge in [-0.25, -0.2) is 4.79 Å². The molecule has 11 nitrogen and oxygen atoms in total. The van der Waals surface area contributed by atoms with Gasteiger partial charge < -0.3 is 19.3 Å². The molecule has 39 heavy (non-hydrogen) atoms. The highest BCUT2D eigenvalue weighted by Gasteiger charge is 2.36. The number of methoxy groups -OCH3 is 1. The molecule has 3 aromatic rings. The number of carbonyl (C=O) groups excluding carboxylic acids is 1. The van der Waals surface area contributed by atoms with E-state index >= 15 is 0 Å². The zero-order chi connectivity index (χ0) is 27.9. The number of carbonyl (C=O) groups is 1. The van der Waals surface area contributed by atoms with Crippen molar-refractivity contribution < 1.29 is 23.7 Å². The number of dihydropyridines is 1. The van der Waals surface area contributed by atoms with Crippen LogP contribution in [0.25, 0.3) is 5.57 Å². The van der Waals surface area contributed by atoms with Gasteiger partial charge in [-0.05, 0) is 51.4 Å². The van der Waals surface area contributed by atoms with E-state index < -0.39 is 17.0 Å². The molecular weight excluding hydrogens is 502 g/mol. The van der Waals surface area contributed by atoms with Crippen molar-refractivity contribution >= 4 is 17.4 Å². The van der Waals surface area contributed by atoms with Crippen LogP contribution in [0.1, 0.15) is 49.0 Å². The minimum absolute atomic E-state index is 0.0959. The van der Waals surface area contributed by atoms with E-state index in [-0.39, 0.29) is 17.3 Å². The number of allylic oxidation sites excluding steroid dienone is 3. The van der Waals surface area contributed by atoms with Crippen LogP contribution in [-0.2, 0) is 22.4 Å². The average Bonchev–Trinajstić information content (AvgIpc) is 3.38. The molecule has 1 aliphatic rings. The van der Waals surface area contributed by atoms with E-state index in [0.717, 1.165) is 19.4 Å². The number of non-ortho nitro benzene ring substituents is 1. The molecule has 0 spiro atoms. The number of ether oxygens (including phenoxy) is 2. The first-order chi connectivity index (χ1) is 18.8. The van der Waals surface area contributed by atoms with Crippen molar-refractivity contribution in [1.29, 1.82) is 0 Å². The van der Waals surface area contributed by atoms with Crippen LogP contribution in [0, 0.1) is 10.1 Å². The van der Waals surface area contributed by atoms with Crippen LogP contribution >= 0.6 is 0 Å². The Kier molecular flexibility index (Phi) is 8.72. The number of hydrogen-bond donors (Lipinski definition) is 1. The maximum atomic E-state index is 12.1. The molecule has 1 aromatic heterocycles. The summed E-state index contributed by atoms with van der Waals surface area (Å²) < 4.78 is 15.9. The summed E-state index contributed by atoms with van der Waals surface area (Å²) in [4.78, 5) is 29.9. The molecule has 1 aliphatic heterocycles. The van der Waals surface area contributed by atoms with Gasteiger partial charge in [-0.1, -0.05) is 47.6 Å². The Morgan fingerprint density at radius 2 is 1.92 bits per heavy atom. The molecule has 2 aromatic carbocycles. The van der Waals surface area contributed by atoms with Crippen molar-refractivity contribution in [3.8, 4) is 0 Å². The Hall–Kier alpha value is -4.51. The summed E-state index contributed by atoms with van der Waals surface area (Å²) in [6.07, 6.45) is 1.04. The number of hydrogen-bond acceptors (Lipinski definition) is 10. The Bertz CT molecular complexity index is 1400. The number of nitrogens with zero attached hydrogens (tertiary/aromatic N) is 4. The second-order valence-electron chi connectivity index (χ2n) is 9.34. The summed E-state index contributed by atoms with van der Waals surface area (Å²) >= 11 is 0. The van der Waals surface area contributed by atoms with Crippen LogP contribution in [0.2, 0.25) is 0 Å². The van der Waals surface area contributed by atoms with Crippen molar-refractivity contribution in [1.82, 2.24) is 20.4 Å². The second kappa shape index (κ2) is 12.4. The van der Waals surface area contributed by atoms with Gasteiger partial charge in [-0.15, -0.1) is 0 Å². The minimum atomic E-state index is -0.913. The predicted molar refractivity (Wildman–Crippen MR) is 143 cm³/mol. The van der Waals surface area contributed by atoms with Crippen LogP contribution in [0.4, 0.5) is 10.5 Å². The van der Waals surface area contributed by atoms with E-state index in [0.29, 0.717) is 34.9 Å². The monoisotopic (exact) mass is 533 g/mol. The van der Waals surface area contributed by atoms with E-state index in [4.69, 9.17) is 14.0 Å². The lowest BCUT2D eigenvalue weighted by Crippen LogP contribution is -2.26. The average molecular weight is 534 g/mol. The van der Waals surface area contributed by atoms with Crippen LogP contribution in [0.3, 0.4) is 0 Å². The molecule has 4 rings (SSSR count). The molecule has 0 aliphatic carbocycles. The normalized spacial score (nSPS) is 15.4. The highest BCUT2D eigenvalue weighted by atomic mass is 16.7. The fraction of sp³-hybridized carbons (Fsp3) is 0.321. The Labute approximate surface area is 226 Å². The first-order valence-corrected chi connectivity index (χ1v) is 12.5. The standard InChI is InChI=1S/C28H31N5O6/c1-18-24(27-30-23(31-39-27)17-32(3)15-9-12-20-10-6-5-7-11-20)25(21-13-8-14-22(16-21)33(35)36)26(19(2)29-18)38-28(34)37-4/h5-8,10-11,13-14,16,25,29H,9,12,15,17H2,1-4H3. The topological polar surface area (TPSA) is 133 Å². The van der Waals surface area contributed by atoms with Gasteiger partial charge in [0, 0.05) is 17.8 Å². The van der Waals surface area contributed by atoms with Gasteiger partial charge in [0.15, 0.2) is 5.82 Å². The zero-order valence-electron chi connectivity index (χ0n) is 22.3. The molecule has 0 bridgehead atoms. The number of nitro benzene ring substituents is 1. The van der Waals surface area contributed by atoms with Gasteiger partial charge in [0.25, 0.3) is 11.6 Å². The van der Waals surface area contributed by atoms with Crippen molar-refractivity contribution in [2.24, 2.45) is 0 Å². The first-order valence-electron chi connectivity index (χ1n) is 12.5. The highest BCUT2D eigenvalue weighted by molar-refractivity contribution is 5.76. The number of nitrogens with one attached hydrogen (secondary N) is 1. The lowest BCUT2D eigenvalue weighted by molar-refractivity contribution is -0.384. The van der Waals surface area contributed by atoms with Gasteiger partial charge in [-0.2, -0.15) is 4.98 Å². The smallest absolute Gasteiger partial charge is 0.437 e. The zero-order valence-corrected chi connectivity index (χ0v) is 22.3. The molecule has 1 atom stereocenters. The summed E-state index contributed by atoms with van der Waals surface area (Å²) in [7, 11) is 3.20. The Morgan fingerprint density at radius 1 is 1.15 bits per heavy atom. The summed E-state index contributed by atoms with van der Waals surface area (Å²) in [6, 6.07) is 16.5. The fourth-order valence-electron chi connectivity index (χ4n) is 4.61. The molecule has 11 heteroatoms. The third kappa shape index (κ3) is 6.68. The highest BCUT2D eigenvalue weighted by Crippen LogP contribution is 2.44. The van der Waals surface area contributed by atoms with Gasteiger partial charge in [0.1, 0.15) is 5.76 Å². The van der Waals surface area contributed by atoms with Gasteiger partial charge >= 0.3 is 6.16 Å². The van der Waals surface area contributed by atoms with Crippen LogP contribution in [0.15, 0.2) is 76.3 Å². The van der Waals surface area contributed by atoms with Crippen LogP contribution < -0.4 is 5.32 Å². The molecule has 204 valence electrons. The molecule has 0 saturated carbocycles. The largest absolute Gasteiger partial charge is 0.513 e. The molecule has 0 saturated heterocycles. The molecule has 2 heterocycles. The Morgan fingerprint density at radius 3 is 2.64 bits per heavy atom. The number of aromatic nitrogens is 2. The molecular formula is C28H31N5O6. The third-order valence-corrected chi connectivity index (χ3v) is 6.43. The molecule has 1 unspecified atom stereocenters. The first kappa shape index (κ1) is 27.5. The number of rotatable bonds is 10. The van der Waals surface area contributed by atoms with Crippen molar-refractivity contribution in [2.75, 3.05) is 20.7 Å². The van der Waals surface area contributed by atoms with E-state index in [1.165, 1.54) is 24.8 Å². The Balaban J connectivity index is 1.59. The quantitative estimate of drug-likeness (QED) is 0.211. The second-order valence-corrected chi connectivity index (χ2v) is 9.34. The van der Waals surface area contributed by atoms with E-state index in [9.17, 15) is 14.9 Å². The lowest BCUT2D eigenvalue weighted by Gasteiger charge is -2.29. The van der Waals surface area contributed by atoms with Crippen molar-refractivity contribution in [3.63, 3.8) is 0 Å².